The van der Waals surface area contributed by atoms with Crippen LogP contribution in [0.15, 0.2) is 48.2 Å². The van der Waals surface area contributed by atoms with Crippen molar-refractivity contribution in [2.24, 2.45) is 0 Å². The van der Waals surface area contributed by atoms with E-state index in [4.69, 9.17) is 45.8 Å². The maximum Gasteiger partial charge on any atom is 0.267 e. The summed E-state index contributed by atoms with van der Waals surface area (Å²) in [5.74, 6) is -0.630. The Labute approximate surface area is 153 Å². The van der Waals surface area contributed by atoms with Crippen LogP contribution in [0.4, 0.5) is 17.1 Å². The molecular weight excluding hydrogens is 371 g/mol. The lowest BCUT2D eigenvalue weighted by molar-refractivity contribution is -0.112. The van der Waals surface area contributed by atoms with Gasteiger partial charge in [-0.25, -0.2) is 0 Å². The zero-order chi connectivity index (χ0) is 17.7. The molecule has 0 radical (unpaired) electrons. The highest BCUT2D eigenvalue weighted by Gasteiger charge is 2.12. The second-order valence-corrected chi connectivity index (χ2v) is 5.80. The number of carbonyl (C=O) groups excluding carboxylic acids is 1. The number of halogens is 3. The van der Waals surface area contributed by atoms with Gasteiger partial charge in [-0.1, -0.05) is 40.9 Å². The first-order chi connectivity index (χ1) is 11.4. The van der Waals surface area contributed by atoms with Crippen LogP contribution in [0.25, 0.3) is 0 Å². The predicted molar refractivity (Wildman–Crippen MR) is 98.3 cm³/mol. The summed E-state index contributed by atoms with van der Waals surface area (Å²) in [5.41, 5.74) is 6.70. The molecule has 0 heterocycles. The highest BCUT2D eigenvalue weighted by Crippen LogP contribution is 2.29. The Morgan fingerprint density at radius 2 is 1.88 bits per heavy atom. The summed E-state index contributed by atoms with van der Waals surface area (Å²) < 4.78 is 0. The van der Waals surface area contributed by atoms with Crippen LogP contribution in [0, 0.1) is 11.3 Å². The lowest BCUT2D eigenvalue weighted by Gasteiger charge is -2.08. The van der Waals surface area contributed by atoms with Crippen molar-refractivity contribution in [1.29, 1.82) is 5.26 Å². The van der Waals surface area contributed by atoms with Gasteiger partial charge in [0.2, 0.25) is 0 Å². The minimum atomic E-state index is -0.630. The van der Waals surface area contributed by atoms with E-state index in [1.54, 1.807) is 36.4 Å². The molecule has 0 atom stereocenters. The fourth-order valence-electron chi connectivity index (χ4n) is 1.74. The molecule has 0 aromatic heterocycles. The van der Waals surface area contributed by atoms with E-state index in [1.807, 2.05) is 0 Å². The Kier molecular flexibility index (Phi) is 5.93. The van der Waals surface area contributed by atoms with Crippen LogP contribution in [-0.2, 0) is 4.79 Å². The van der Waals surface area contributed by atoms with Gasteiger partial charge in [0.1, 0.15) is 11.6 Å². The number of benzene rings is 2. The molecule has 2 aromatic carbocycles. The minimum absolute atomic E-state index is 0.168. The third kappa shape index (κ3) is 4.33. The second-order valence-electron chi connectivity index (χ2n) is 4.61. The second kappa shape index (κ2) is 7.93. The van der Waals surface area contributed by atoms with Gasteiger partial charge in [-0.2, -0.15) is 5.26 Å². The van der Waals surface area contributed by atoms with Crippen molar-refractivity contribution in [3.8, 4) is 6.07 Å². The SMILES string of the molecule is N#C/C(=C/Nc1cccc(Cl)c1Cl)C(=O)Nc1ccc(N)cc1Cl. The molecular formula is C16H11Cl3N4O. The van der Waals surface area contributed by atoms with Crippen molar-refractivity contribution in [3.63, 3.8) is 0 Å². The average molecular weight is 382 g/mol. The van der Waals surface area contributed by atoms with Gasteiger partial charge in [0, 0.05) is 11.9 Å². The van der Waals surface area contributed by atoms with E-state index in [9.17, 15) is 4.79 Å². The van der Waals surface area contributed by atoms with Crippen molar-refractivity contribution >= 4 is 57.8 Å². The number of nitrogens with one attached hydrogen (secondary N) is 2. The summed E-state index contributed by atoms with van der Waals surface area (Å²) in [6, 6.07) is 11.4. The number of hydrogen-bond acceptors (Lipinski definition) is 4. The lowest BCUT2D eigenvalue weighted by Crippen LogP contribution is -2.15. The molecule has 1 amide bonds. The van der Waals surface area contributed by atoms with Crippen LogP contribution in [0.5, 0.6) is 0 Å². The number of anilines is 3. The molecule has 0 aliphatic carbocycles. The van der Waals surface area contributed by atoms with E-state index in [0.717, 1.165) is 0 Å². The summed E-state index contributed by atoms with van der Waals surface area (Å²) in [5, 5.41) is 15.4. The van der Waals surface area contributed by atoms with Crippen molar-refractivity contribution in [3.05, 3.63) is 63.2 Å². The van der Waals surface area contributed by atoms with E-state index >= 15 is 0 Å². The molecule has 0 spiro atoms. The zero-order valence-corrected chi connectivity index (χ0v) is 14.4. The van der Waals surface area contributed by atoms with Crippen LogP contribution in [-0.4, -0.2) is 5.91 Å². The first kappa shape index (κ1) is 18.0. The van der Waals surface area contributed by atoms with Crippen molar-refractivity contribution in [2.75, 3.05) is 16.4 Å². The molecule has 0 aliphatic heterocycles. The summed E-state index contributed by atoms with van der Waals surface area (Å²) in [7, 11) is 0. The van der Waals surface area contributed by atoms with Crippen molar-refractivity contribution in [1.82, 2.24) is 0 Å². The molecule has 0 saturated carbocycles. The topological polar surface area (TPSA) is 90.9 Å². The molecule has 5 nitrogen and oxygen atoms in total. The highest BCUT2D eigenvalue weighted by molar-refractivity contribution is 6.43. The van der Waals surface area contributed by atoms with Crippen molar-refractivity contribution < 1.29 is 4.79 Å². The average Bonchev–Trinajstić information content (AvgIpc) is 2.54. The van der Waals surface area contributed by atoms with E-state index in [0.29, 0.717) is 22.1 Å². The number of nitrogen functional groups attached to an aromatic ring is 1. The quantitative estimate of drug-likeness (QED) is 0.407. The fourth-order valence-corrected chi connectivity index (χ4v) is 2.33. The maximum atomic E-state index is 12.2. The van der Waals surface area contributed by atoms with Gasteiger partial charge >= 0.3 is 0 Å². The van der Waals surface area contributed by atoms with Crippen LogP contribution in [0.1, 0.15) is 0 Å². The smallest absolute Gasteiger partial charge is 0.267 e. The van der Waals surface area contributed by atoms with Crippen LogP contribution >= 0.6 is 34.8 Å². The van der Waals surface area contributed by atoms with Gasteiger partial charge in [-0.15, -0.1) is 0 Å². The number of nitriles is 1. The monoisotopic (exact) mass is 380 g/mol. The Hall–Kier alpha value is -2.39. The van der Waals surface area contributed by atoms with E-state index in [2.05, 4.69) is 10.6 Å². The Balaban J connectivity index is 2.17. The molecule has 4 N–H and O–H groups in total. The molecule has 122 valence electrons. The molecule has 0 aliphatic rings. The first-order valence-corrected chi connectivity index (χ1v) is 7.73. The van der Waals surface area contributed by atoms with E-state index in [1.165, 1.54) is 12.3 Å². The van der Waals surface area contributed by atoms with Gasteiger partial charge in [0.05, 0.1) is 26.4 Å². The van der Waals surface area contributed by atoms with Gasteiger partial charge in [0.15, 0.2) is 0 Å². The molecule has 2 rings (SSSR count). The van der Waals surface area contributed by atoms with Crippen LogP contribution in [0.2, 0.25) is 15.1 Å². The molecule has 0 saturated heterocycles. The highest BCUT2D eigenvalue weighted by atomic mass is 35.5. The van der Waals surface area contributed by atoms with E-state index < -0.39 is 5.91 Å². The third-order valence-corrected chi connectivity index (χ3v) is 4.06. The first-order valence-electron chi connectivity index (χ1n) is 6.59. The van der Waals surface area contributed by atoms with Crippen LogP contribution < -0.4 is 16.4 Å². The van der Waals surface area contributed by atoms with Gasteiger partial charge < -0.3 is 16.4 Å². The molecule has 0 bridgehead atoms. The van der Waals surface area contributed by atoms with Crippen molar-refractivity contribution in [2.45, 2.75) is 0 Å². The van der Waals surface area contributed by atoms with Gasteiger partial charge in [0.25, 0.3) is 5.91 Å². The summed E-state index contributed by atoms with van der Waals surface area (Å²) in [4.78, 5) is 12.2. The molecule has 8 heteroatoms. The summed E-state index contributed by atoms with van der Waals surface area (Å²) in [6.07, 6.45) is 1.23. The standard InChI is InChI=1S/C16H11Cl3N4O/c17-11-2-1-3-14(15(11)19)22-8-9(7-20)16(24)23-13-5-4-10(21)6-12(13)18/h1-6,8,22H,21H2,(H,23,24)/b9-8-. The van der Waals surface area contributed by atoms with Gasteiger partial charge in [-0.3, -0.25) is 4.79 Å². The van der Waals surface area contributed by atoms with E-state index in [-0.39, 0.29) is 15.6 Å². The molecule has 0 fully saturated rings. The Bertz CT molecular complexity index is 859. The third-order valence-electron chi connectivity index (χ3n) is 2.93. The molecule has 24 heavy (non-hydrogen) atoms. The molecule has 2 aromatic rings. The minimum Gasteiger partial charge on any atom is -0.399 e. The van der Waals surface area contributed by atoms with Crippen LogP contribution in [0.3, 0.4) is 0 Å². The number of hydrogen-bond donors (Lipinski definition) is 3. The Morgan fingerprint density at radius 1 is 1.12 bits per heavy atom. The fraction of sp³-hybridized carbons (Fsp3) is 0. The number of nitrogens with zero attached hydrogens (tertiary/aromatic N) is 1. The number of nitrogens with two attached hydrogens (primary N) is 1. The maximum absolute atomic E-state index is 12.2. The summed E-state index contributed by atoms with van der Waals surface area (Å²) >= 11 is 17.9. The normalized spacial score (nSPS) is 10.8. The molecule has 0 unspecified atom stereocenters. The largest absolute Gasteiger partial charge is 0.399 e. The Morgan fingerprint density at radius 3 is 2.54 bits per heavy atom. The summed E-state index contributed by atoms with van der Waals surface area (Å²) in [6.45, 7) is 0. The number of amides is 1. The predicted octanol–water partition coefficient (Wildman–Crippen LogP) is 4.69. The number of rotatable bonds is 4. The van der Waals surface area contributed by atoms with Gasteiger partial charge in [-0.05, 0) is 30.3 Å². The lowest BCUT2D eigenvalue weighted by atomic mass is 10.2. The number of carbonyl (C=O) groups is 1. The zero-order valence-electron chi connectivity index (χ0n) is 12.1.